The lowest BCUT2D eigenvalue weighted by atomic mass is 9.84. The van der Waals surface area contributed by atoms with Crippen LogP contribution in [0, 0.1) is 11.8 Å². The predicted molar refractivity (Wildman–Crippen MR) is 71.1 cm³/mol. The fourth-order valence-electron chi connectivity index (χ4n) is 3.08. The third kappa shape index (κ3) is 0.940. The van der Waals surface area contributed by atoms with Gasteiger partial charge in [0.25, 0.3) is 0 Å². The first-order valence-corrected chi connectivity index (χ1v) is 7.05. The Labute approximate surface area is 123 Å². The number of hydrogen-bond donors (Lipinski definition) is 0. The van der Waals surface area contributed by atoms with Crippen LogP contribution < -0.4 is 0 Å². The molecule has 3 rings (SSSR count). The summed E-state index contributed by atoms with van der Waals surface area (Å²) in [7, 11) is 0. The molecule has 0 unspecified atom stereocenters. The van der Waals surface area contributed by atoms with Gasteiger partial charge in [-0.3, -0.25) is 0 Å². The van der Waals surface area contributed by atoms with Crippen molar-refractivity contribution < 1.29 is 0 Å². The summed E-state index contributed by atoms with van der Waals surface area (Å²) >= 11 is 38.2. The average molecular weight is 339 g/mol. The second kappa shape index (κ2) is 3.21. The van der Waals surface area contributed by atoms with E-state index in [-0.39, 0.29) is 16.9 Å². The van der Waals surface area contributed by atoms with E-state index in [1.54, 1.807) is 0 Å². The van der Waals surface area contributed by atoms with E-state index in [4.69, 9.17) is 69.6 Å². The van der Waals surface area contributed by atoms with Crippen molar-refractivity contribution in [1.82, 2.24) is 0 Å². The summed E-state index contributed by atoms with van der Waals surface area (Å²) < 4.78 is -1.38. The summed E-state index contributed by atoms with van der Waals surface area (Å²) in [4.78, 5) is -2.18. The minimum absolute atomic E-state index is 0.0108. The molecule has 6 heteroatoms. The number of hydrogen-bond acceptors (Lipinski definition) is 0. The average Bonchev–Trinajstić information content (AvgIpc) is 2.78. The van der Waals surface area contributed by atoms with E-state index in [2.05, 4.69) is 0 Å². The molecule has 4 atom stereocenters. The Kier molecular flexibility index (Phi) is 2.46. The van der Waals surface area contributed by atoms with E-state index in [9.17, 15) is 0 Å². The summed E-state index contributed by atoms with van der Waals surface area (Å²) in [6.45, 7) is 0. The fourth-order valence-corrected chi connectivity index (χ4v) is 6.12. The molecule has 0 aromatic carbocycles. The first kappa shape index (κ1) is 12.3. The van der Waals surface area contributed by atoms with Crippen LogP contribution in [0.2, 0.25) is 0 Å². The van der Waals surface area contributed by atoms with Crippen molar-refractivity contribution >= 4 is 69.6 Å². The first-order valence-electron chi connectivity index (χ1n) is 4.78. The number of alkyl halides is 4. The highest BCUT2D eigenvalue weighted by atomic mass is 35.5. The molecule has 3 aliphatic rings. The molecule has 0 saturated heterocycles. The molecule has 0 aromatic heterocycles. The molecule has 3 aliphatic carbocycles. The third-order valence-corrected chi connectivity index (χ3v) is 8.20. The Balaban J connectivity index is 2.32. The fraction of sp³-hybridized carbons (Fsp3) is 0.600. The van der Waals surface area contributed by atoms with Crippen molar-refractivity contribution in [2.45, 2.75) is 20.5 Å². The molecule has 0 spiro atoms. The molecule has 0 nitrogen and oxygen atoms in total. The molecule has 0 aliphatic heterocycles. The lowest BCUT2D eigenvalue weighted by molar-refractivity contribution is 0.416. The maximum absolute atomic E-state index is 6.56. The molecular weight excluding hydrogens is 333 g/mol. The van der Waals surface area contributed by atoms with E-state index in [1.165, 1.54) is 0 Å². The zero-order chi connectivity index (χ0) is 11.9. The van der Waals surface area contributed by atoms with E-state index in [0.717, 1.165) is 6.42 Å². The van der Waals surface area contributed by atoms with Crippen LogP contribution in [0.4, 0.5) is 0 Å². The molecule has 1 fully saturated rings. The second-order valence-corrected chi connectivity index (χ2v) is 7.70. The van der Waals surface area contributed by atoms with Gasteiger partial charge in [-0.25, -0.2) is 0 Å². The lowest BCUT2D eigenvalue weighted by Gasteiger charge is -2.33. The van der Waals surface area contributed by atoms with Crippen molar-refractivity contribution in [3.05, 3.63) is 22.2 Å². The minimum Gasteiger partial charge on any atom is -0.109 e. The van der Waals surface area contributed by atoms with E-state index >= 15 is 0 Å². The van der Waals surface area contributed by atoms with Crippen molar-refractivity contribution in [3.63, 3.8) is 0 Å². The molecule has 2 bridgehead atoms. The van der Waals surface area contributed by atoms with Gasteiger partial charge in [0.05, 0.1) is 10.1 Å². The van der Waals surface area contributed by atoms with Gasteiger partial charge in [0.15, 0.2) is 4.33 Å². The summed E-state index contributed by atoms with van der Waals surface area (Å²) in [6, 6.07) is 0. The highest BCUT2D eigenvalue weighted by Gasteiger charge is 2.81. The quantitative estimate of drug-likeness (QED) is 0.429. The van der Waals surface area contributed by atoms with Gasteiger partial charge in [-0.1, -0.05) is 58.6 Å². The zero-order valence-electron chi connectivity index (χ0n) is 7.78. The minimum atomic E-state index is -1.38. The van der Waals surface area contributed by atoms with E-state index < -0.39 is 14.1 Å². The SMILES string of the molecule is ClC1=C(Cl)[C@]2(Cl)[C@H]3C=CC[C@@H]3[C@@]1(Cl)C2(Cl)Cl. The van der Waals surface area contributed by atoms with Crippen molar-refractivity contribution in [3.8, 4) is 0 Å². The Morgan fingerprint density at radius 1 is 1.00 bits per heavy atom. The van der Waals surface area contributed by atoms with Gasteiger partial charge in [0, 0.05) is 5.92 Å². The smallest absolute Gasteiger partial charge is 0.109 e. The molecule has 16 heavy (non-hydrogen) atoms. The normalized spacial score (nSPS) is 52.6. The van der Waals surface area contributed by atoms with E-state index in [1.807, 2.05) is 12.2 Å². The Morgan fingerprint density at radius 2 is 1.56 bits per heavy atom. The van der Waals surface area contributed by atoms with Gasteiger partial charge in [-0.15, -0.1) is 23.2 Å². The van der Waals surface area contributed by atoms with Gasteiger partial charge in [0.1, 0.15) is 9.75 Å². The Bertz CT molecular complexity index is 439. The molecule has 0 N–H and O–H groups in total. The number of halogens is 6. The summed E-state index contributed by atoms with van der Waals surface area (Å²) in [5, 5.41) is 0.574. The van der Waals surface area contributed by atoms with Crippen molar-refractivity contribution in [1.29, 1.82) is 0 Å². The predicted octanol–water partition coefficient (Wildman–Crippen LogP) is 5.02. The molecule has 0 amide bonds. The first-order chi connectivity index (χ1) is 7.29. The highest BCUT2D eigenvalue weighted by Crippen LogP contribution is 2.77. The molecule has 0 aromatic rings. The van der Waals surface area contributed by atoms with Crippen LogP contribution in [0.25, 0.3) is 0 Å². The zero-order valence-corrected chi connectivity index (χ0v) is 12.3. The van der Waals surface area contributed by atoms with Gasteiger partial charge < -0.3 is 0 Å². The lowest BCUT2D eigenvalue weighted by Crippen LogP contribution is -2.44. The maximum atomic E-state index is 6.56. The van der Waals surface area contributed by atoms with Gasteiger partial charge in [0.2, 0.25) is 0 Å². The van der Waals surface area contributed by atoms with Gasteiger partial charge in [-0.2, -0.15) is 0 Å². The Morgan fingerprint density at radius 3 is 2.19 bits per heavy atom. The standard InChI is InChI=1S/C10H6Cl6/c11-6-7(12)9(14)5-3-1-2-4(5)8(6,13)10(9,15)16/h1-2,4-5H,3H2/t4-,5-,8+,9-/m0/s1. The third-order valence-electron chi connectivity index (χ3n) is 3.88. The number of rotatable bonds is 0. The van der Waals surface area contributed by atoms with E-state index in [0.29, 0.717) is 5.03 Å². The van der Waals surface area contributed by atoms with Crippen LogP contribution in [0.15, 0.2) is 22.2 Å². The van der Waals surface area contributed by atoms with Crippen LogP contribution in [0.1, 0.15) is 6.42 Å². The monoisotopic (exact) mass is 336 g/mol. The van der Waals surface area contributed by atoms with Crippen LogP contribution in [0.5, 0.6) is 0 Å². The van der Waals surface area contributed by atoms with Gasteiger partial charge >= 0.3 is 0 Å². The maximum Gasteiger partial charge on any atom is 0.167 e. The molecule has 0 radical (unpaired) electrons. The topological polar surface area (TPSA) is 0 Å². The van der Waals surface area contributed by atoms with Crippen LogP contribution >= 0.6 is 69.6 Å². The molecular formula is C10H6Cl6. The van der Waals surface area contributed by atoms with Crippen molar-refractivity contribution in [2.75, 3.05) is 0 Å². The second-order valence-electron chi connectivity index (χ2n) is 4.42. The number of fused-ring (bicyclic) bond motifs is 5. The van der Waals surface area contributed by atoms with Gasteiger partial charge in [-0.05, 0) is 12.3 Å². The highest BCUT2D eigenvalue weighted by molar-refractivity contribution is 6.65. The molecule has 1 saturated carbocycles. The largest absolute Gasteiger partial charge is 0.167 e. The van der Waals surface area contributed by atoms with Crippen LogP contribution in [-0.2, 0) is 0 Å². The number of allylic oxidation sites excluding steroid dienone is 4. The Hall–Kier alpha value is 1.22. The summed E-state index contributed by atoms with van der Waals surface area (Å²) in [6.07, 6.45) is 4.77. The molecule has 88 valence electrons. The van der Waals surface area contributed by atoms with Crippen LogP contribution in [0.3, 0.4) is 0 Å². The molecule has 0 heterocycles. The summed E-state index contributed by atoms with van der Waals surface area (Å²) in [5.41, 5.74) is 0. The van der Waals surface area contributed by atoms with Crippen LogP contribution in [-0.4, -0.2) is 14.1 Å². The summed E-state index contributed by atoms with van der Waals surface area (Å²) in [5.74, 6) is -0.0478. The van der Waals surface area contributed by atoms with Crippen molar-refractivity contribution in [2.24, 2.45) is 11.8 Å².